The lowest BCUT2D eigenvalue weighted by molar-refractivity contribution is -0.870. The van der Waals surface area contributed by atoms with Crippen molar-refractivity contribution in [1.29, 1.82) is 0 Å². The van der Waals surface area contributed by atoms with E-state index in [4.69, 9.17) is 18.9 Å². The van der Waals surface area contributed by atoms with Crippen LogP contribution in [0.3, 0.4) is 0 Å². The van der Waals surface area contributed by atoms with Crippen LogP contribution in [0.4, 0.5) is 0 Å². The van der Waals surface area contributed by atoms with Gasteiger partial charge in [-0.1, -0.05) is 221 Å². The van der Waals surface area contributed by atoms with E-state index in [0.29, 0.717) is 17.4 Å². The first-order valence-electron chi connectivity index (χ1n) is 28.7. The lowest BCUT2D eigenvalue weighted by atomic mass is 10.0. The number of carboxylic acids is 1. The number of carbonyl (C=O) groups excluding carboxylic acids is 3. The van der Waals surface area contributed by atoms with Gasteiger partial charge in [-0.3, -0.25) is 9.59 Å². The minimum Gasteiger partial charge on any atom is -0.545 e. The van der Waals surface area contributed by atoms with Gasteiger partial charge in [0.25, 0.3) is 0 Å². The summed E-state index contributed by atoms with van der Waals surface area (Å²) in [6, 6.07) is 0. The third kappa shape index (κ3) is 54.1. The third-order valence-electron chi connectivity index (χ3n) is 12.1. The van der Waals surface area contributed by atoms with Gasteiger partial charge in [0.2, 0.25) is 0 Å². The Morgan fingerprint density at radius 3 is 1.20 bits per heavy atom. The predicted molar refractivity (Wildman–Crippen MR) is 297 cm³/mol. The molecule has 0 saturated heterocycles. The Labute approximate surface area is 436 Å². The van der Waals surface area contributed by atoms with E-state index < -0.39 is 24.3 Å². The molecule has 0 bridgehead atoms. The summed E-state index contributed by atoms with van der Waals surface area (Å²) < 4.78 is 22.6. The smallest absolute Gasteiger partial charge is 0.306 e. The zero-order valence-electron chi connectivity index (χ0n) is 46.3. The molecule has 2 unspecified atom stereocenters. The first-order chi connectivity index (χ1) is 34.6. The largest absolute Gasteiger partial charge is 0.545 e. The number of rotatable bonds is 52. The van der Waals surface area contributed by atoms with E-state index in [1.165, 1.54) is 96.3 Å². The molecular formula is C62H107NO8. The molecule has 0 heterocycles. The van der Waals surface area contributed by atoms with Crippen LogP contribution in [0.2, 0.25) is 0 Å². The van der Waals surface area contributed by atoms with Crippen molar-refractivity contribution in [1.82, 2.24) is 0 Å². The molecule has 0 amide bonds. The summed E-state index contributed by atoms with van der Waals surface area (Å²) in [5.74, 6) is -2.30. The molecular weight excluding hydrogens is 887 g/mol. The van der Waals surface area contributed by atoms with E-state index in [0.717, 1.165) is 103 Å². The Morgan fingerprint density at radius 1 is 0.437 bits per heavy atom. The summed E-state index contributed by atoms with van der Waals surface area (Å²) in [4.78, 5) is 37.2. The van der Waals surface area contributed by atoms with Gasteiger partial charge >= 0.3 is 11.9 Å². The van der Waals surface area contributed by atoms with Gasteiger partial charge in [0, 0.05) is 12.8 Å². The van der Waals surface area contributed by atoms with Crippen LogP contribution in [0.15, 0.2) is 85.1 Å². The quantitative estimate of drug-likeness (QED) is 0.0195. The number of unbranched alkanes of at least 4 members (excludes halogenated alkanes) is 23. The van der Waals surface area contributed by atoms with Crippen molar-refractivity contribution < 1.29 is 42.9 Å². The molecule has 0 N–H and O–H groups in total. The fourth-order valence-corrected chi connectivity index (χ4v) is 7.72. The van der Waals surface area contributed by atoms with Gasteiger partial charge in [-0.25, -0.2) is 0 Å². The minimum absolute atomic E-state index is 0.143. The van der Waals surface area contributed by atoms with E-state index in [9.17, 15) is 19.5 Å². The molecule has 0 aromatic carbocycles. The van der Waals surface area contributed by atoms with Crippen LogP contribution < -0.4 is 5.11 Å². The molecule has 0 aromatic rings. The van der Waals surface area contributed by atoms with Gasteiger partial charge < -0.3 is 33.3 Å². The molecule has 408 valence electrons. The van der Waals surface area contributed by atoms with E-state index in [-0.39, 0.29) is 38.6 Å². The molecule has 0 saturated carbocycles. The zero-order chi connectivity index (χ0) is 52.0. The van der Waals surface area contributed by atoms with Crippen LogP contribution >= 0.6 is 0 Å². The molecule has 0 fully saturated rings. The predicted octanol–water partition coefficient (Wildman–Crippen LogP) is 15.5. The number of carboxylic acid groups (broad SMARTS) is 1. The first-order valence-corrected chi connectivity index (χ1v) is 28.7. The van der Waals surface area contributed by atoms with Crippen molar-refractivity contribution in [2.75, 3.05) is 47.5 Å². The van der Waals surface area contributed by atoms with E-state index in [1.54, 1.807) is 0 Å². The van der Waals surface area contributed by atoms with E-state index in [1.807, 2.05) is 21.1 Å². The number of carbonyl (C=O) groups is 3. The maximum atomic E-state index is 12.8. The number of aliphatic carboxylic acids is 1. The van der Waals surface area contributed by atoms with Gasteiger partial charge in [-0.2, -0.15) is 0 Å². The zero-order valence-corrected chi connectivity index (χ0v) is 46.3. The number of allylic oxidation sites excluding steroid dienone is 14. The average Bonchev–Trinajstić information content (AvgIpc) is 3.34. The molecule has 9 nitrogen and oxygen atoms in total. The summed E-state index contributed by atoms with van der Waals surface area (Å²) in [5.41, 5.74) is 0. The Kier molecular flexibility index (Phi) is 50.2. The molecule has 0 aliphatic heterocycles. The number of esters is 2. The number of hydrogen-bond acceptors (Lipinski definition) is 8. The Balaban J connectivity index is 4.11. The molecule has 2 atom stereocenters. The van der Waals surface area contributed by atoms with E-state index in [2.05, 4.69) is 98.9 Å². The lowest BCUT2D eigenvalue weighted by Gasteiger charge is -2.26. The van der Waals surface area contributed by atoms with Gasteiger partial charge in [0.05, 0.1) is 40.3 Å². The standard InChI is InChI=1S/C62H107NO8/c1-6-8-10-12-14-16-18-20-21-22-23-24-25-26-27-28-29-30-31-32-33-34-35-36-37-38-39-41-43-45-47-49-51-53-60(65)71-58(57-70-62(61(66)67)68-55-54-63(3,4)5)56-69-59(64)52-50-48-46-44-42-40-19-17-15-13-11-9-7-2/h8,10-11,13-14,16-17,19-21,23-24,26-27,58,62H,6-7,9,12,15,18,22,25,28-57H2,1-5H3/b10-8-,13-11-,16-14-,19-17-,21-20-,24-23-,27-26-. The number of hydrogen-bond donors (Lipinski definition) is 0. The van der Waals surface area contributed by atoms with Crippen LogP contribution in [-0.4, -0.2) is 82.3 Å². The highest BCUT2D eigenvalue weighted by Crippen LogP contribution is 2.16. The summed E-state index contributed by atoms with van der Waals surface area (Å²) >= 11 is 0. The van der Waals surface area contributed by atoms with E-state index >= 15 is 0 Å². The molecule has 0 aliphatic rings. The summed E-state index contributed by atoms with van der Waals surface area (Å²) in [5, 5.41) is 11.7. The van der Waals surface area contributed by atoms with Gasteiger partial charge in [0.1, 0.15) is 13.2 Å². The Bertz CT molecular complexity index is 1440. The normalized spacial score (nSPS) is 13.4. The number of likely N-dealkylation sites (N-methyl/N-ethyl adjacent to an activating group) is 1. The minimum atomic E-state index is -1.63. The van der Waals surface area contributed by atoms with Crippen molar-refractivity contribution in [2.45, 2.75) is 245 Å². The molecule has 0 aromatic heterocycles. The van der Waals surface area contributed by atoms with Gasteiger partial charge in [0.15, 0.2) is 12.4 Å². The Hall–Kier alpha value is -3.53. The van der Waals surface area contributed by atoms with Crippen molar-refractivity contribution >= 4 is 17.9 Å². The number of ether oxygens (including phenoxy) is 4. The summed E-state index contributed by atoms with van der Waals surface area (Å²) in [6.07, 6.45) is 66.4. The highest BCUT2D eigenvalue weighted by molar-refractivity contribution is 5.70. The fraction of sp³-hybridized carbons (Fsp3) is 0.726. The van der Waals surface area contributed by atoms with Crippen LogP contribution in [0.1, 0.15) is 232 Å². The van der Waals surface area contributed by atoms with Crippen molar-refractivity contribution in [3.8, 4) is 0 Å². The molecule has 0 radical (unpaired) electrons. The second kappa shape index (κ2) is 52.8. The maximum absolute atomic E-state index is 12.8. The second-order valence-electron chi connectivity index (χ2n) is 20.2. The van der Waals surface area contributed by atoms with Crippen molar-refractivity contribution in [3.05, 3.63) is 85.1 Å². The second-order valence-corrected chi connectivity index (χ2v) is 20.2. The molecule has 0 spiro atoms. The molecule has 0 aliphatic carbocycles. The number of nitrogens with zero attached hydrogens (tertiary/aromatic N) is 1. The topological polar surface area (TPSA) is 111 Å². The molecule has 9 heteroatoms. The molecule has 0 rings (SSSR count). The van der Waals surface area contributed by atoms with Crippen LogP contribution in [-0.2, 0) is 33.3 Å². The summed E-state index contributed by atoms with van der Waals surface area (Å²) in [6.45, 7) is 4.55. The van der Waals surface area contributed by atoms with Crippen LogP contribution in [0.25, 0.3) is 0 Å². The fourth-order valence-electron chi connectivity index (χ4n) is 7.72. The summed E-state index contributed by atoms with van der Waals surface area (Å²) in [7, 11) is 5.91. The lowest BCUT2D eigenvalue weighted by Crippen LogP contribution is -2.44. The first kappa shape index (κ1) is 67.5. The van der Waals surface area contributed by atoms with Crippen LogP contribution in [0, 0.1) is 0 Å². The van der Waals surface area contributed by atoms with Crippen LogP contribution in [0.5, 0.6) is 0 Å². The highest BCUT2D eigenvalue weighted by atomic mass is 16.7. The average molecular weight is 995 g/mol. The third-order valence-corrected chi connectivity index (χ3v) is 12.1. The van der Waals surface area contributed by atoms with Gasteiger partial charge in [-0.15, -0.1) is 0 Å². The molecule has 71 heavy (non-hydrogen) atoms. The maximum Gasteiger partial charge on any atom is 0.306 e. The van der Waals surface area contributed by atoms with Crippen molar-refractivity contribution in [2.24, 2.45) is 0 Å². The monoisotopic (exact) mass is 994 g/mol. The SMILES string of the molecule is CC/C=C\C/C=C\C/C=C\C/C=C\C/C=C\CCCCCCCCCCCCCCCCCCCC(=O)OC(COC(=O)CCCCCCC/C=C\C/C=C\CCC)COC(OCC[N+](C)(C)C)C(=O)[O-]. The Morgan fingerprint density at radius 2 is 0.803 bits per heavy atom. The number of quaternary nitrogens is 1. The highest BCUT2D eigenvalue weighted by Gasteiger charge is 2.22. The van der Waals surface area contributed by atoms with Crippen molar-refractivity contribution in [3.63, 3.8) is 0 Å². The van der Waals surface area contributed by atoms with Gasteiger partial charge in [-0.05, 0) is 83.5 Å².